The predicted octanol–water partition coefficient (Wildman–Crippen LogP) is 2.72. The number of nitrogens with one attached hydrogen (secondary N) is 2. The van der Waals surface area contributed by atoms with Gasteiger partial charge in [-0.2, -0.15) is 0 Å². The van der Waals surface area contributed by atoms with E-state index in [4.69, 9.17) is 14.3 Å². The van der Waals surface area contributed by atoms with Crippen LogP contribution in [0.4, 0.5) is 0 Å². The number of guanidine groups is 1. The van der Waals surface area contributed by atoms with Crippen LogP contribution in [0.15, 0.2) is 33.8 Å². The number of ether oxygens (including phenoxy) is 1. The van der Waals surface area contributed by atoms with Crippen LogP contribution in [0.3, 0.4) is 0 Å². The second-order valence-corrected chi connectivity index (χ2v) is 7.50. The largest absolute Gasteiger partial charge is 0.497 e. The van der Waals surface area contributed by atoms with Gasteiger partial charge in [-0.1, -0.05) is 31.1 Å². The summed E-state index contributed by atoms with van der Waals surface area (Å²) >= 11 is 0. The van der Waals surface area contributed by atoms with Crippen molar-refractivity contribution in [1.29, 1.82) is 0 Å². The number of aliphatic imine (C=N–C) groups is 1. The van der Waals surface area contributed by atoms with Gasteiger partial charge in [0.2, 0.25) is 0 Å². The van der Waals surface area contributed by atoms with Crippen LogP contribution in [-0.2, 0) is 39.4 Å². The summed E-state index contributed by atoms with van der Waals surface area (Å²) in [6.45, 7) is 7.84. The molecule has 0 saturated heterocycles. The molecule has 0 aliphatic carbocycles. The molecule has 9 heteroatoms. The van der Waals surface area contributed by atoms with Crippen LogP contribution in [0.1, 0.15) is 48.1 Å². The van der Waals surface area contributed by atoms with E-state index in [1.165, 1.54) is 5.56 Å². The van der Waals surface area contributed by atoms with Crippen molar-refractivity contribution in [3.8, 4) is 5.75 Å². The highest BCUT2D eigenvalue weighted by Crippen LogP contribution is 2.17. The quantitative estimate of drug-likeness (QED) is 0.370. The zero-order chi connectivity index (χ0) is 22.9. The fourth-order valence-electron chi connectivity index (χ4n) is 3.33. The maximum atomic E-state index is 5.48. The molecule has 0 amide bonds. The van der Waals surface area contributed by atoms with Crippen molar-refractivity contribution in [2.24, 2.45) is 12.0 Å². The number of aromatic nitrogens is 4. The van der Waals surface area contributed by atoms with E-state index in [0.717, 1.165) is 60.2 Å². The first-order valence-electron chi connectivity index (χ1n) is 11.0. The lowest BCUT2D eigenvalue weighted by atomic mass is 10.1. The molecule has 3 rings (SSSR count). The molecule has 0 saturated carbocycles. The smallest absolute Gasteiger partial charge is 0.191 e. The van der Waals surface area contributed by atoms with Gasteiger partial charge >= 0.3 is 0 Å². The minimum atomic E-state index is 0.506. The molecule has 9 nitrogen and oxygen atoms in total. The monoisotopic (exact) mass is 439 g/mol. The zero-order valence-corrected chi connectivity index (χ0v) is 19.6. The molecule has 172 valence electrons. The van der Waals surface area contributed by atoms with Crippen LogP contribution >= 0.6 is 0 Å². The van der Waals surface area contributed by atoms with Gasteiger partial charge in [-0.05, 0) is 37.5 Å². The summed E-state index contributed by atoms with van der Waals surface area (Å²) in [5.74, 6) is 4.19. The SMILES string of the molecule is CCc1noc(CC)c1CN=C(NCCc1ccc(OC)cc1)NCc1nnc(C)n1C. The first-order valence-corrected chi connectivity index (χ1v) is 11.0. The Bertz CT molecular complexity index is 1000. The van der Waals surface area contributed by atoms with E-state index in [2.05, 4.69) is 52.0 Å². The molecular weight excluding hydrogens is 406 g/mol. The number of nitrogens with zero attached hydrogens (tertiary/aromatic N) is 5. The number of benzene rings is 1. The zero-order valence-electron chi connectivity index (χ0n) is 19.6. The summed E-state index contributed by atoms with van der Waals surface area (Å²) in [6.07, 6.45) is 2.48. The van der Waals surface area contributed by atoms with Crippen LogP contribution in [-0.4, -0.2) is 39.5 Å². The number of hydrogen-bond donors (Lipinski definition) is 2. The molecule has 0 spiro atoms. The summed E-state index contributed by atoms with van der Waals surface area (Å²) < 4.78 is 12.7. The van der Waals surface area contributed by atoms with E-state index < -0.39 is 0 Å². The summed E-state index contributed by atoms with van der Waals surface area (Å²) in [5, 5.41) is 19.3. The van der Waals surface area contributed by atoms with Crippen molar-refractivity contribution < 1.29 is 9.26 Å². The average molecular weight is 440 g/mol. The lowest BCUT2D eigenvalue weighted by molar-refractivity contribution is 0.380. The van der Waals surface area contributed by atoms with Crippen LogP contribution < -0.4 is 15.4 Å². The Hall–Kier alpha value is -3.36. The van der Waals surface area contributed by atoms with E-state index in [9.17, 15) is 0 Å². The topological polar surface area (TPSA) is 102 Å². The van der Waals surface area contributed by atoms with E-state index in [0.29, 0.717) is 19.0 Å². The maximum absolute atomic E-state index is 5.48. The Labute approximate surface area is 189 Å². The molecule has 0 aliphatic rings. The van der Waals surface area contributed by atoms with Crippen molar-refractivity contribution in [2.75, 3.05) is 13.7 Å². The number of aryl methyl sites for hydroxylation is 3. The Balaban J connectivity index is 1.68. The van der Waals surface area contributed by atoms with Gasteiger partial charge in [-0.15, -0.1) is 10.2 Å². The molecule has 32 heavy (non-hydrogen) atoms. The highest BCUT2D eigenvalue weighted by molar-refractivity contribution is 5.79. The standard InChI is InChI=1S/C23H33N7O2/c1-6-20-19(21(7-2)32-29-20)14-25-23(26-15-22-28-27-16(3)30(22)4)24-13-12-17-8-10-18(31-5)11-9-17/h8-11H,6-7,12-15H2,1-5H3,(H2,24,25,26). The molecule has 0 fully saturated rings. The van der Waals surface area contributed by atoms with E-state index in [1.54, 1.807) is 7.11 Å². The average Bonchev–Trinajstić information content (AvgIpc) is 3.37. The second kappa shape index (κ2) is 11.3. The van der Waals surface area contributed by atoms with Gasteiger partial charge in [0.05, 0.1) is 25.9 Å². The fraction of sp³-hybridized carbons (Fsp3) is 0.478. The molecule has 0 unspecified atom stereocenters. The summed E-state index contributed by atoms with van der Waals surface area (Å²) in [4.78, 5) is 4.81. The van der Waals surface area contributed by atoms with Crippen molar-refractivity contribution in [2.45, 2.75) is 53.1 Å². The third-order valence-electron chi connectivity index (χ3n) is 5.46. The molecule has 1 aromatic carbocycles. The van der Waals surface area contributed by atoms with Crippen LogP contribution in [0.5, 0.6) is 5.75 Å². The maximum Gasteiger partial charge on any atom is 0.191 e. The fourth-order valence-corrected chi connectivity index (χ4v) is 3.33. The summed E-state index contributed by atoms with van der Waals surface area (Å²) in [6, 6.07) is 8.10. The minimum Gasteiger partial charge on any atom is -0.497 e. The second-order valence-electron chi connectivity index (χ2n) is 7.50. The number of rotatable bonds is 10. The van der Waals surface area contributed by atoms with Gasteiger partial charge in [-0.3, -0.25) is 0 Å². The normalized spacial score (nSPS) is 11.6. The Morgan fingerprint density at radius 1 is 1.12 bits per heavy atom. The van der Waals surface area contributed by atoms with E-state index in [1.807, 2.05) is 30.7 Å². The Kier molecular flexibility index (Phi) is 8.24. The summed E-state index contributed by atoms with van der Waals surface area (Å²) in [5.41, 5.74) is 3.26. The molecule has 2 aromatic heterocycles. The molecule has 0 atom stereocenters. The predicted molar refractivity (Wildman–Crippen MR) is 124 cm³/mol. The summed E-state index contributed by atoms with van der Waals surface area (Å²) in [7, 11) is 3.63. The van der Waals surface area contributed by atoms with Crippen LogP contribution in [0.2, 0.25) is 0 Å². The third kappa shape index (κ3) is 5.87. The molecule has 2 N–H and O–H groups in total. The van der Waals surface area contributed by atoms with Gasteiger partial charge in [0.15, 0.2) is 11.8 Å². The highest BCUT2D eigenvalue weighted by Gasteiger charge is 2.13. The van der Waals surface area contributed by atoms with Gasteiger partial charge < -0.3 is 24.5 Å². The number of hydrogen-bond acceptors (Lipinski definition) is 6. The van der Waals surface area contributed by atoms with Crippen molar-refractivity contribution >= 4 is 5.96 Å². The lowest BCUT2D eigenvalue weighted by Gasteiger charge is -2.13. The Morgan fingerprint density at radius 3 is 2.53 bits per heavy atom. The van der Waals surface area contributed by atoms with Gasteiger partial charge in [-0.25, -0.2) is 4.99 Å². The molecule has 0 bridgehead atoms. The van der Waals surface area contributed by atoms with E-state index >= 15 is 0 Å². The van der Waals surface area contributed by atoms with Crippen LogP contribution in [0.25, 0.3) is 0 Å². The van der Waals surface area contributed by atoms with Gasteiger partial charge in [0.25, 0.3) is 0 Å². The van der Waals surface area contributed by atoms with E-state index in [-0.39, 0.29) is 0 Å². The van der Waals surface area contributed by atoms with Crippen molar-refractivity contribution in [3.05, 3.63) is 58.5 Å². The molecule has 2 heterocycles. The van der Waals surface area contributed by atoms with Crippen molar-refractivity contribution in [3.63, 3.8) is 0 Å². The lowest BCUT2D eigenvalue weighted by Crippen LogP contribution is -2.38. The van der Waals surface area contributed by atoms with Crippen molar-refractivity contribution in [1.82, 2.24) is 30.6 Å². The Morgan fingerprint density at radius 2 is 1.91 bits per heavy atom. The minimum absolute atomic E-state index is 0.506. The highest BCUT2D eigenvalue weighted by atomic mass is 16.5. The molecule has 0 aliphatic heterocycles. The third-order valence-corrected chi connectivity index (χ3v) is 5.46. The first kappa shape index (κ1) is 23.3. The van der Waals surface area contributed by atoms with Gasteiger partial charge in [0, 0.05) is 25.6 Å². The first-order chi connectivity index (χ1) is 15.5. The van der Waals surface area contributed by atoms with Gasteiger partial charge in [0.1, 0.15) is 17.3 Å². The molecule has 0 radical (unpaired) electrons. The van der Waals surface area contributed by atoms with Crippen LogP contribution in [0, 0.1) is 6.92 Å². The molecule has 3 aromatic rings. The molecular formula is C23H33N7O2. The number of methoxy groups -OCH3 is 1.